The fraction of sp³-hybridized carbons (Fsp3) is 0.438. The van der Waals surface area contributed by atoms with Crippen LogP contribution in [0.2, 0.25) is 0 Å². The van der Waals surface area contributed by atoms with Crippen LogP contribution in [0.3, 0.4) is 0 Å². The van der Waals surface area contributed by atoms with Crippen molar-refractivity contribution in [3.8, 4) is 0 Å². The van der Waals surface area contributed by atoms with E-state index in [2.05, 4.69) is 5.32 Å². The van der Waals surface area contributed by atoms with Crippen LogP contribution in [0.1, 0.15) is 49.8 Å². The van der Waals surface area contributed by atoms with Gasteiger partial charge >= 0.3 is 6.03 Å². The molecule has 1 aliphatic rings. The number of hydrogen-bond acceptors (Lipinski definition) is 4. The van der Waals surface area contributed by atoms with Crippen molar-refractivity contribution in [1.29, 1.82) is 0 Å². The Kier molecular flexibility index (Phi) is 4.61. The van der Waals surface area contributed by atoms with Crippen LogP contribution in [-0.4, -0.2) is 17.6 Å². The number of Topliss-reactive ketones (excluding diaryl/α,β-unsaturated/α-hetero) is 2. The van der Waals surface area contributed by atoms with Gasteiger partial charge in [0.05, 0.1) is 6.04 Å². The average molecular weight is 303 g/mol. The maximum atomic E-state index is 12.0. The Morgan fingerprint density at radius 1 is 1.23 bits per heavy atom. The van der Waals surface area contributed by atoms with E-state index in [4.69, 9.17) is 11.5 Å². The Labute approximate surface area is 129 Å². The summed E-state index contributed by atoms with van der Waals surface area (Å²) in [7, 11) is 0. The van der Waals surface area contributed by atoms with Crippen molar-refractivity contribution >= 4 is 17.6 Å². The molecule has 1 saturated carbocycles. The van der Waals surface area contributed by atoms with Crippen molar-refractivity contribution < 1.29 is 14.4 Å². The maximum absolute atomic E-state index is 12.0. The van der Waals surface area contributed by atoms with E-state index in [0.717, 1.165) is 18.4 Å². The van der Waals surface area contributed by atoms with Gasteiger partial charge in [-0.15, -0.1) is 0 Å². The highest BCUT2D eigenvalue weighted by atomic mass is 16.2. The van der Waals surface area contributed by atoms with Crippen LogP contribution in [0.25, 0.3) is 0 Å². The molecule has 0 aromatic heterocycles. The molecule has 1 aromatic carbocycles. The molecule has 0 bridgehead atoms. The second kappa shape index (κ2) is 6.27. The number of ketones is 2. The van der Waals surface area contributed by atoms with Crippen molar-refractivity contribution in [2.24, 2.45) is 11.5 Å². The zero-order valence-electron chi connectivity index (χ0n) is 12.6. The molecule has 1 aliphatic carbocycles. The number of benzene rings is 1. The molecule has 6 heteroatoms. The number of carbonyl (C=O) groups excluding carboxylic acids is 3. The summed E-state index contributed by atoms with van der Waals surface area (Å²) in [6, 6.07) is 6.14. The third kappa shape index (κ3) is 2.87. The lowest BCUT2D eigenvalue weighted by molar-refractivity contribution is -0.129. The van der Waals surface area contributed by atoms with Crippen LogP contribution in [0, 0.1) is 0 Å². The number of carbonyl (C=O) groups is 3. The van der Waals surface area contributed by atoms with E-state index in [9.17, 15) is 14.4 Å². The zero-order chi connectivity index (χ0) is 16.3. The summed E-state index contributed by atoms with van der Waals surface area (Å²) in [4.78, 5) is 35.0. The van der Waals surface area contributed by atoms with Crippen molar-refractivity contribution in [2.75, 3.05) is 0 Å². The second-order valence-electron chi connectivity index (χ2n) is 5.63. The number of urea groups is 1. The lowest BCUT2D eigenvalue weighted by atomic mass is 9.86. The van der Waals surface area contributed by atoms with Crippen molar-refractivity contribution in [3.63, 3.8) is 0 Å². The molecule has 118 valence electrons. The van der Waals surface area contributed by atoms with Gasteiger partial charge in [-0.3, -0.25) is 9.59 Å². The summed E-state index contributed by atoms with van der Waals surface area (Å²) in [6.07, 6.45) is 2.01. The molecule has 0 saturated heterocycles. The first-order valence-corrected chi connectivity index (χ1v) is 7.41. The summed E-state index contributed by atoms with van der Waals surface area (Å²) in [5.74, 6) is -0.490. The van der Waals surface area contributed by atoms with E-state index in [1.165, 1.54) is 0 Å². The quantitative estimate of drug-likeness (QED) is 0.711. The molecule has 1 aromatic rings. The van der Waals surface area contributed by atoms with Crippen LogP contribution >= 0.6 is 0 Å². The largest absolute Gasteiger partial charge is 0.352 e. The van der Waals surface area contributed by atoms with Gasteiger partial charge in [-0.1, -0.05) is 37.6 Å². The molecule has 2 rings (SSSR count). The predicted octanol–water partition coefficient (Wildman–Crippen LogP) is 1.28. The highest BCUT2D eigenvalue weighted by molar-refractivity contribution is 6.17. The molecule has 22 heavy (non-hydrogen) atoms. The molecule has 0 radical (unpaired) electrons. The van der Waals surface area contributed by atoms with E-state index in [0.29, 0.717) is 5.56 Å². The van der Waals surface area contributed by atoms with Gasteiger partial charge in [0.25, 0.3) is 0 Å². The van der Waals surface area contributed by atoms with Crippen LogP contribution in [0.15, 0.2) is 24.3 Å². The molecule has 0 heterocycles. The summed E-state index contributed by atoms with van der Waals surface area (Å²) in [5, 5.41) is 2.69. The van der Waals surface area contributed by atoms with E-state index in [-0.39, 0.29) is 30.4 Å². The van der Waals surface area contributed by atoms with Crippen molar-refractivity contribution in [1.82, 2.24) is 5.32 Å². The molecule has 1 atom stereocenters. The number of nitrogens with one attached hydrogen (secondary N) is 1. The van der Waals surface area contributed by atoms with Gasteiger partial charge in [0.2, 0.25) is 0 Å². The molecule has 0 unspecified atom stereocenters. The minimum Gasteiger partial charge on any atom is -0.352 e. The first kappa shape index (κ1) is 16.2. The van der Waals surface area contributed by atoms with E-state index in [1.54, 1.807) is 24.3 Å². The summed E-state index contributed by atoms with van der Waals surface area (Å²) < 4.78 is 0. The Hall–Kier alpha value is -2.21. The third-order valence-corrected chi connectivity index (χ3v) is 4.12. The number of hydrogen-bond donors (Lipinski definition) is 3. The van der Waals surface area contributed by atoms with Gasteiger partial charge < -0.3 is 16.8 Å². The normalized spacial score (nSPS) is 18.3. The first-order chi connectivity index (χ1) is 10.4. The van der Waals surface area contributed by atoms with Gasteiger partial charge in [0.15, 0.2) is 17.1 Å². The number of amides is 2. The predicted molar refractivity (Wildman–Crippen MR) is 81.9 cm³/mol. The van der Waals surface area contributed by atoms with Crippen LogP contribution < -0.4 is 16.8 Å². The molecule has 1 fully saturated rings. The SMILES string of the molecule is CCC[C@@H](NC(N)=O)c1ccc(C2(N)C(=O)CCC2=O)cc1. The van der Waals surface area contributed by atoms with Gasteiger partial charge in [-0.05, 0) is 17.5 Å². The highest BCUT2D eigenvalue weighted by Gasteiger charge is 2.47. The smallest absolute Gasteiger partial charge is 0.312 e. The molecule has 0 spiro atoms. The standard InChI is InChI=1S/C16H21N3O3/c1-2-3-12(19-15(17)22)10-4-6-11(7-5-10)16(18)13(20)8-9-14(16)21/h4-7,12H,2-3,8-9,18H2,1H3,(H3,17,19,22)/t12-/m1/s1. The van der Waals surface area contributed by atoms with Crippen molar-refractivity contribution in [3.05, 3.63) is 35.4 Å². The molecule has 5 N–H and O–H groups in total. The summed E-state index contributed by atoms with van der Waals surface area (Å²) in [5.41, 5.74) is 11.1. The Morgan fingerprint density at radius 2 is 1.77 bits per heavy atom. The Bertz CT molecular complexity index is 579. The molecule has 0 aliphatic heterocycles. The Balaban J connectivity index is 2.27. The highest BCUT2D eigenvalue weighted by Crippen LogP contribution is 2.31. The monoisotopic (exact) mass is 303 g/mol. The molecular formula is C16H21N3O3. The van der Waals surface area contributed by atoms with E-state index in [1.807, 2.05) is 6.92 Å². The van der Waals surface area contributed by atoms with Gasteiger partial charge in [0, 0.05) is 12.8 Å². The van der Waals surface area contributed by atoms with Crippen LogP contribution in [0.5, 0.6) is 0 Å². The van der Waals surface area contributed by atoms with E-state index >= 15 is 0 Å². The number of rotatable bonds is 5. The molecule has 6 nitrogen and oxygen atoms in total. The average Bonchev–Trinajstić information content (AvgIpc) is 2.75. The van der Waals surface area contributed by atoms with Gasteiger partial charge in [-0.2, -0.15) is 0 Å². The lowest BCUT2D eigenvalue weighted by Gasteiger charge is -2.22. The van der Waals surface area contributed by atoms with Crippen molar-refractivity contribution in [2.45, 2.75) is 44.2 Å². The molecular weight excluding hydrogens is 282 g/mol. The second-order valence-corrected chi connectivity index (χ2v) is 5.63. The minimum atomic E-state index is -1.52. The number of primary amides is 1. The third-order valence-electron chi connectivity index (χ3n) is 4.12. The van der Waals surface area contributed by atoms with E-state index < -0.39 is 11.6 Å². The first-order valence-electron chi connectivity index (χ1n) is 7.41. The summed E-state index contributed by atoms with van der Waals surface area (Å²) in [6.45, 7) is 2.01. The lowest BCUT2D eigenvalue weighted by Crippen LogP contribution is -2.46. The minimum absolute atomic E-state index is 0.193. The summed E-state index contributed by atoms with van der Waals surface area (Å²) >= 11 is 0. The van der Waals surface area contributed by atoms with Gasteiger partial charge in [-0.25, -0.2) is 4.79 Å². The van der Waals surface area contributed by atoms with Crippen LogP contribution in [-0.2, 0) is 15.1 Å². The number of nitrogens with two attached hydrogens (primary N) is 2. The maximum Gasteiger partial charge on any atom is 0.312 e. The Morgan fingerprint density at radius 3 is 2.23 bits per heavy atom. The fourth-order valence-corrected chi connectivity index (χ4v) is 2.86. The topological polar surface area (TPSA) is 115 Å². The molecule has 2 amide bonds. The fourth-order valence-electron chi connectivity index (χ4n) is 2.86. The van der Waals surface area contributed by atoms with Crippen LogP contribution in [0.4, 0.5) is 4.79 Å². The van der Waals surface area contributed by atoms with Gasteiger partial charge in [0.1, 0.15) is 0 Å². The zero-order valence-corrected chi connectivity index (χ0v) is 12.6.